The molecule has 82 heavy (non-hydrogen) atoms. The van der Waals surface area contributed by atoms with Crippen molar-refractivity contribution >= 4 is 36.1 Å². The molecule has 4 N–H and O–H groups in total. The van der Waals surface area contributed by atoms with E-state index in [-0.39, 0.29) is 24.2 Å². The van der Waals surface area contributed by atoms with Gasteiger partial charge in [-0.25, -0.2) is 15.8 Å². The Bertz CT molecular complexity index is 3130. The second-order valence-electron chi connectivity index (χ2n) is 20.6. The molecule has 15 heteroatoms. The first-order chi connectivity index (χ1) is 40.1. The molecule has 10 rings (SSSR count). The highest BCUT2D eigenvalue weighted by Crippen LogP contribution is 2.40. The number of carbonyl (C=O) groups is 4. The summed E-state index contributed by atoms with van der Waals surface area (Å²) in [5, 5.41) is 14.8. The fourth-order valence-corrected chi connectivity index (χ4v) is 10.2. The van der Waals surface area contributed by atoms with E-state index in [0.29, 0.717) is 63.2 Å². The average Bonchev–Trinajstić information content (AvgIpc) is 3.68. The molecule has 1 aliphatic carbocycles. The third-order valence-electron chi connectivity index (χ3n) is 14.0. The van der Waals surface area contributed by atoms with Crippen LogP contribution >= 0.6 is 0 Å². The van der Waals surface area contributed by atoms with Crippen LogP contribution in [0.1, 0.15) is 141 Å². The first-order valence-corrected chi connectivity index (χ1v) is 28.5. The van der Waals surface area contributed by atoms with E-state index >= 15 is 0 Å². The van der Waals surface area contributed by atoms with Crippen LogP contribution in [0.5, 0.6) is 23.0 Å². The molecule has 6 aromatic carbocycles. The molecule has 7 aromatic rings. The molecule has 15 nitrogen and oxygen atoms in total. The van der Waals surface area contributed by atoms with Crippen molar-refractivity contribution in [3.63, 3.8) is 0 Å². The summed E-state index contributed by atoms with van der Waals surface area (Å²) < 4.78 is 27.1. The summed E-state index contributed by atoms with van der Waals surface area (Å²) in [6.07, 6.45) is 8.28. The van der Waals surface area contributed by atoms with E-state index in [1.54, 1.807) is 12.4 Å². The molecule has 3 aliphatic rings. The van der Waals surface area contributed by atoms with E-state index < -0.39 is 35.7 Å². The molecule has 4 amide bonds. The van der Waals surface area contributed by atoms with Crippen molar-refractivity contribution in [2.45, 2.75) is 104 Å². The molecule has 422 valence electrons. The molecule has 0 spiro atoms. The van der Waals surface area contributed by atoms with Crippen molar-refractivity contribution < 1.29 is 38.1 Å². The Balaban J connectivity index is 1.25. The number of nitrogens with one attached hydrogen (secondary N) is 4. The summed E-state index contributed by atoms with van der Waals surface area (Å²) in [6.45, 7) is 10.2. The molecule has 0 fully saturated rings. The highest BCUT2D eigenvalue weighted by Gasteiger charge is 2.27. The predicted molar refractivity (Wildman–Crippen MR) is 319 cm³/mol. The number of hydrogen-bond donors (Lipinski definition) is 4. The van der Waals surface area contributed by atoms with Gasteiger partial charge in [0.25, 0.3) is 23.6 Å². The van der Waals surface area contributed by atoms with Crippen LogP contribution in [0.25, 0.3) is 0 Å². The number of fused-ring (bicyclic) bond motifs is 10. The zero-order valence-electron chi connectivity index (χ0n) is 47.1. The number of ether oxygens (including phenoxy) is 4. The van der Waals surface area contributed by atoms with Gasteiger partial charge in [0.15, 0.2) is 0 Å². The van der Waals surface area contributed by atoms with Gasteiger partial charge < -0.3 is 29.6 Å². The molecule has 2 atom stereocenters. The zero-order valence-corrected chi connectivity index (χ0v) is 47.1. The van der Waals surface area contributed by atoms with Crippen molar-refractivity contribution in [2.24, 2.45) is 10.2 Å². The Morgan fingerprint density at radius 2 is 0.720 bits per heavy atom. The van der Waals surface area contributed by atoms with Crippen LogP contribution in [0, 0.1) is 0 Å². The van der Waals surface area contributed by atoms with Crippen molar-refractivity contribution in [1.29, 1.82) is 0 Å². The first-order valence-electron chi connectivity index (χ1n) is 28.5. The molecule has 0 radical (unpaired) electrons. The molecule has 0 saturated heterocycles. The smallest absolute Gasteiger partial charge is 0.270 e. The van der Waals surface area contributed by atoms with Crippen molar-refractivity contribution in [2.75, 3.05) is 26.4 Å². The van der Waals surface area contributed by atoms with E-state index in [1.807, 2.05) is 84.9 Å². The van der Waals surface area contributed by atoms with E-state index in [1.165, 1.54) is 18.2 Å². The van der Waals surface area contributed by atoms with E-state index in [4.69, 9.17) is 18.9 Å². The van der Waals surface area contributed by atoms with Crippen LogP contribution in [0.15, 0.2) is 150 Å². The van der Waals surface area contributed by atoms with E-state index in [9.17, 15) is 19.2 Å². The van der Waals surface area contributed by atoms with Gasteiger partial charge in [-0.3, -0.25) is 19.2 Å². The van der Waals surface area contributed by atoms with Gasteiger partial charge in [-0.05, 0) is 129 Å². The maximum absolute atomic E-state index is 14.4. The summed E-state index contributed by atoms with van der Waals surface area (Å²) in [5.74, 6) is 0.448. The van der Waals surface area contributed by atoms with Gasteiger partial charge in [0, 0.05) is 38.5 Å². The Morgan fingerprint density at radius 3 is 1.05 bits per heavy atom. The van der Waals surface area contributed by atoms with Crippen molar-refractivity contribution in [1.82, 2.24) is 26.5 Å². The lowest BCUT2D eigenvalue weighted by Crippen LogP contribution is -2.47. The number of pyridine rings is 1. The van der Waals surface area contributed by atoms with Crippen LogP contribution in [0.4, 0.5) is 0 Å². The Kier molecular flexibility index (Phi) is 19.9. The number of amides is 4. The quantitative estimate of drug-likeness (QED) is 0.0729. The number of para-hydroxylation sites is 2. The van der Waals surface area contributed by atoms with Crippen LogP contribution < -0.4 is 40.4 Å². The lowest BCUT2D eigenvalue weighted by atomic mass is 9.90. The molecule has 12 bridgehead atoms. The fraction of sp³-hybridized carbons (Fsp3) is 0.299. The van der Waals surface area contributed by atoms with Gasteiger partial charge in [0.1, 0.15) is 46.5 Å². The van der Waals surface area contributed by atoms with Crippen molar-refractivity contribution in [3.05, 3.63) is 218 Å². The Labute approximate surface area is 480 Å². The standard InChI is InChI=1S/C67H71N7O8/c1-5-28-79-60-48-22-15-23-49(60)39-53-33-47-35-55(63(53)82-31-8-4)41-51-25-16-24-50(61(51)80-29-6-2)40-54-34-46(32-52(38-48)62(54)81-30-7-3)42-68-73-66(77)58(36-44-18-11-9-12-19-44)71-64(75)56-26-17-27-57(70-56)65(76)72-59(67(78)74-69-43-47)37-45-20-13-10-14-21-45/h9-27,32-35,42-43,58-59H,5-8,28-31,36-41H2,1-4H3,(H,71,75)(H,72,76)(H,73,77)(H,74,78)/b68-42+,69-43+. The predicted octanol–water partition coefficient (Wildman–Crippen LogP) is 10.2. The molecular weight excluding hydrogens is 1030 g/mol. The second-order valence-corrected chi connectivity index (χ2v) is 20.6. The monoisotopic (exact) mass is 1100 g/mol. The van der Waals surface area contributed by atoms with Crippen LogP contribution in [-0.4, -0.2) is 79.6 Å². The van der Waals surface area contributed by atoms with Gasteiger partial charge >= 0.3 is 0 Å². The lowest BCUT2D eigenvalue weighted by Gasteiger charge is -2.23. The average molecular weight is 1100 g/mol. The topological polar surface area (TPSA) is 191 Å². The van der Waals surface area contributed by atoms with Crippen molar-refractivity contribution in [3.8, 4) is 23.0 Å². The zero-order chi connectivity index (χ0) is 57.2. The summed E-state index contributed by atoms with van der Waals surface area (Å²) in [6, 6.07) is 41.4. The Morgan fingerprint density at radius 1 is 0.402 bits per heavy atom. The van der Waals surface area contributed by atoms with Gasteiger partial charge in [-0.15, -0.1) is 0 Å². The SMILES string of the molecule is CCCOc1c2cccc1Cc1cc3cc(c1OCCC)Cc1cccc(c1OCCC)Cc1cc(cc(c1OCCC)C2)/C=N/NC(=O)C(Cc1ccccc1)NC(=O)c1cccc(n1)C(=O)NC(Cc1ccccc1)C(=O)N/N=C/3. The second kappa shape index (κ2) is 28.3. The van der Waals surface area contributed by atoms with Gasteiger partial charge in [-0.2, -0.15) is 10.2 Å². The lowest BCUT2D eigenvalue weighted by molar-refractivity contribution is -0.123. The number of nitrogens with zero attached hydrogens (tertiary/aromatic N) is 3. The van der Waals surface area contributed by atoms with E-state index in [0.717, 1.165) is 104 Å². The number of carbonyl (C=O) groups excluding carboxylic acids is 4. The maximum Gasteiger partial charge on any atom is 0.270 e. The van der Waals surface area contributed by atoms with Crippen LogP contribution in [-0.2, 0) is 48.1 Å². The molecule has 2 unspecified atom stereocenters. The number of benzene rings is 6. The molecule has 0 saturated carbocycles. The normalized spacial score (nSPS) is 16.3. The summed E-state index contributed by atoms with van der Waals surface area (Å²) in [7, 11) is 0. The highest BCUT2D eigenvalue weighted by atomic mass is 16.5. The minimum absolute atomic E-state index is 0.116. The number of aromatic nitrogens is 1. The summed E-state index contributed by atoms with van der Waals surface area (Å²) in [5.41, 5.74) is 15.5. The number of hydrazone groups is 2. The molecule has 1 aromatic heterocycles. The summed E-state index contributed by atoms with van der Waals surface area (Å²) >= 11 is 0. The number of rotatable bonds is 16. The first kappa shape index (κ1) is 57.6. The fourth-order valence-electron chi connectivity index (χ4n) is 10.2. The molecule has 3 heterocycles. The number of hydrogen-bond acceptors (Lipinski definition) is 11. The minimum atomic E-state index is -1.12. The van der Waals surface area contributed by atoms with Gasteiger partial charge in [0.2, 0.25) is 0 Å². The molecule has 2 aliphatic heterocycles. The van der Waals surface area contributed by atoms with Crippen LogP contribution in [0.3, 0.4) is 0 Å². The summed E-state index contributed by atoms with van der Waals surface area (Å²) in [4.78, 5) is 61.4. The van der Waals surface area contributed by atoms with Crippen LogP contribution in [0.2, 0.25) is 0 Å². The third kappa shape index (κ3) is 14.8. The Hall–Kier alpha value is -9.11. The maximum atomic E-state index is 14.4. The van der Waals surface area contributed by atoms with E-state index in [2.05, 4.69) is 101 Å². The largest absolute Gasteiger partial charge is 0.493 e. The highest BCUT2D eigenvalue weighted by molar-refractivity contribution is 6.00. The van der Waals surface area contributed by atoms with Gasteiger partial charge in [-0.1, -0.05) is 131 Å². The van der Waals surface area contributed by atoms with Gasteiger partial charge in [0.05, 0.1) is 38.9 Å². The minimum Gasteiger partial charge on any atom is -0.493 e. The third-order valence-corrected chi connectivity index (χ3v) is 14.0. The molecular formula is C67H71N7O8.